The second-order valence-electron chi connectivity index (χ2n) is 3.99. The maximum absolute atomic E-state index is 2.16. The van der Waals surface area contributed by atoms with Gasteiger partial charge in [-0.2, -0.15) is 0 Å². The van der Waals surface area contributed by atoms with Gasteiger partial charge in [-0.1, -0.05) is 17.7 Å². The van der Waals surface area contributed by atoms with Crippen LogP contribution < -0.4 is 24.0 Å². The van der Waals surface area contributed by atoms with Gasteiger partial charge in [0, 0.05) is 4.90 Å². The fraction of sp³-hybridized carbons (Fsp3) is 0.417. The molecule has 1 aromatic carbocycles. The van der Waals surface area contributed by atoms with Crippen LogP contribution in [0.15, 0.2) is 29.2 Å². The first-order chi connectivity index (χ1) is 7.00. The Balaban J connectivity index is 0.00000225. The zero-order valence-electron chi connectivity index (χ0n) is 10.5. The third-order valence-corrected chi connectivity index (χ3v) is 3.42. The first-order valence-corrected chi connectivity index (χ1v) is 5.78. The third-order valence-electron chi connectivity index (χ3n) is 2.00. The molecule has 0 heterocycles. The molecule has 0 spiro atoms. The molecule has 1 rings (SSSR count). The van der Waals surface area contributed by atoms with E-state index in [1.54, 1.807) is 11.8 Å². The normalized spacial score (nSPS) is 9.31. The van der Waals surface area contributed by atoms with Gasteiger partial charge in [0.15, 0.2) is 0 Å². The molecule has 16 heavy (non-hydrogen) atoms. The number of halogens is 1. The van der Waals surface area contributed by atoms with Gasteiger partial charge in [0.1, 0.15) is 0 Å². The lowest BCUT2D eigenvalue weighted by Gasteiger charge is -2.10. The molecule has 0 aliphatic heterocycles. The van der Waals surface area contributed by atoms with Crippen LogP contribution in [0, 0.1) is 6.92 Å². The molecule has 0 aliphatic carbocycles. The van der Waals surface area contributed by atoms with Gasteiger partial charge in [0.2, 0.25) is 0 Å². The van der Waals surface area contributed by atoms with Crippen molar-refractivity contribution in [3.8, 4) is 0 Å². The van der Waals surface area contributed by atoms with Crippen LogP contribution >= 0.6 is 11.8 Å². The van der Waals surface area contributed by atoms with E-state index in [9.17, 15) is 0 Å². The Morgan fingerprint density at radius 1 is 1.12 bits per heavy atom. The smallest absolute Gasteiger partial charge is 0.312 e. The highest BCUT2D eigenvalue weighted by Crippen LogP contribution is 2.20. The highest BCUT2D eigenvalue weighted by atomic mass is 127. The molecular weight excluding hydrogens is 331 g/mol. The highest BCUT2D eigenvalue weighted by Gasteiger charge is 2.13. The summed E-state index contributed by atoms with van der Waals surface area (Å²) in [6, 6.07) is 8.61. The molecule has 0 saturated carbocycles. The largest absolute Gasteiger partial charge is 1.00 e. The number of hydrogen-bond acceptors (Lipinski definition) is 1. The van der Waals surface area contributed by atoms with E-state index in [-0.39, 0.29) is 24.0 Å². The van der Waals surface area contributed by atoms with E-state index >= 15 is 0 Å². The summed E-state index contributed by atoms with van der Waals surface area (Å²) < 4.78 is 2.13. The molecule has 0 unspecified atom stereocenters. The number of aryl methyl sites for hydroxylation is 1. The van der Waals surface area contributed by atoms with Gasteiger partial charge in [0.25, 0.3) is 0 Å². The molecule has 2 nitrogen and oxygen atoms in total. The molecule has 0 fully saturated rings. The molecule has 0 radical (unpaired) electrons. The fourth-order valence-corrected chi connectivity index (χ4v) is 2.14. The van der Waals surface area contributed by atoms with Crippen molar-refractivity contribution in [2.45, 2.75) is 11.8 Å². The van der Waals surface area contributed by atoms with Gasteiger partial charge in [-0.05, 0) is 30.8 Å². The Labute approximate surface area is 120 Å². The minimum atomic E-state index is 0. The Hall–Kier alpha value is -0.230. The SMILES string of the molecule is Cc1ccc(SC(N(C)C)=[N+](C)C)cc1.[I-]. The van der Waals surface area contributed by atoms with Crippen molar-refractivity contribution in [3.05, 3.63) is 29.8 Å². The first-order valence-electron chi connectivity index (χ1n) is 4.97. The Kier molecular flexibility index (Phi) is 7.06. The maximum Gasteiger partial charge on any atom is 0.312 e. The predicted octanol–water partition coefficient (Wildman–Crippen LogP) is -0.719. The molecule has 4 heteroatoms. The number of amidine groups is 1. The summed E-state index contributed by atoms with van der Waals surface area (Å²) in [5, 5.41) is 1.24. The number of rotatable bonds is 1. The van der Waals surface area contributed by atoms with Crippen LogP contribution in [-0.2, 0) is 0 Å². The lowest BCUT2D eigenvalue weighted by atomic mass is 10.2. The van der Waals surface area contributed by atoms with Gasteiger partial charge in [-0.15, -0.1) is 0 Å². The van der Waals surface area contributed by atoms with Gasteiger partial charge in [0.05, 0.1) is 28.2 Å². The average molecular weight is 350 g/mol. The summed E-state index contributed by atoms with van der Waals surface area (Å²) in [6.07, 6.45) is 0. The molecule has 1 aromatic rings. The second-order valence-corrected chi connectivity index (χ2v) is 5.03. The van der Waals surface area contributed by atoms with E-state index in [2.05, 4.69) is 68.9 Å². The molecule has 0 aliphatic rings. The average Bonchev–Trinajstić information content (AvgIpc) is 2.15. The van der Waals surface area contributed by atoms with Crippen LogP contribution in [0.5, 0.6) is 0 Å². The minimum Gasteiger partial charge on any atom is -1.00 e. The van der Waals surface area contributed by atoms with Crippen LogP contribution in [0.25, 0.3) is 0 Å². The van der Waals surface area contributed by atoms with Gasteiger partial charge >= 0.3 is 5.17 Å². The van der Waals surface area contributed by atoms with E-state index in [0.29, 0.717) is 0 Å². The van der Waals surface area contributed by atoms with Crippen molar-refractivity contribution >= 4 is 16.9 Å². The van der Waals surface area contributed by atoms with Crippen molar-refractivity contribution in [1.29, 1.82) is 0 Å². The van der Waals surface area contributed by atoms with E-state index in [1.807, 2.05) is 0 Å². The second kappa shape index (κ2) is 7.17. The summed E-state index contributed by atoms with van der Waals surface area (Å²) in [4.78, 5) is 3.41. The van der Waals surface area contributed by atoms with Gasteiger partial charge < -0.3 is 24.0 Å². The van der Waals surface area contributed by atoms with Crippen LogP contribution in [0.3, 0.4) is 0 Å². The molecule has 0 saturated heterocycles. The molecule has 0 atom stereocenters. The zero-order chi connectivity index (χ0) is 11.4. The summed E-state index contributed by atoms with van der Waals surface area (Å²) in [7, 11) is 8.26. The van der Waals surface area contributed by atoms with Gasteiger partial charge in [-0.3, -0.25) is 9.48 Å². The first kappa shape index (κ1) is 15.8. The third kappa shape index (κ3) is 4.74. The van der Waals surface area contributed by atoms with Crippen molar-refractivity contribution in [1.82, 2.24) is 4.90 Å². The molecule has 0 bridgehead atoms. The minimum absolute atomic E-state index is 0. The number of benzene rings is 1. The van der Waals surface area contributed by atoms with Crippen LogP contribution in [-0.4, -0.2) is 42.8 Å². The van der Waals surface area contributed by atoms with E-state index < -0.39 is 0 Å². The molecule has 0 N–H and O–H groups in total. The maximum atomic E-state index is 2.16. The number of nitrogens with zero attached hydrogens (tertiary/aromatic N) is 2. The van der Waals surface area contributed by atoms with E-state index in [4.69, 9.17) is 0 Å². The highest BCUT2D eigenvalue weighted by molar-refractivity contribution is 8.13. The van der Waals surface area contributed by atoms with Crippen LogP contribution in [0.1, 0.15) is 5.56 Å². The molecular formula is C12H19IN2S. The summed E-state index contributed by atoms with van der Waals surface area (Å²) in [5.41, 5.74) is 1.30. The van der Waals surface area contributed by atoms with Crippen LogP contribution in [0.2, 0.25) is 0 Å². The van der Waals surface area contributed by atoms with Gasteiger partial charge in [-0.25, -0.2) is 0 Å². The summed E-state index contributed by atoms with van der Waals surface area (Å²) in [6.45, 7) is 2.11. The number of thioether (sulfide) groups is 1. The predicted molar refractivity (Wildman–Crippen MR) is 67.8 cm³/mol. The Morgan fingerprint density at radius 3 is 2.00 bits per heavy atom. The monoisotopic (exact) mass is 350 g/mol. The molecule has 0 aromatic heterocycles. The van der Waals surface area contributed by atoms with Crippen molar-refractivity contribution in [2.75, 3.05) is 28.2 Å². The number of hydrogen-bond donors (Lipinski definition) is 0. The quantitative estimate of drug-likeness (QED) is 0.217. The lowest BCUT2D eigenvalue weighted by molar-refractivity contribution is -0.466. The fourth-order valence-electron chi connectivity index (χ4n) is 1.29. The zero-order valence-corrected chi connectivity index (χ0v) is 13.5. The molecule has 90 valence electrons. The van der Waals surface area contributed by atoms with Crippen molar-refractivity contribution in [2.24, 2.45) is 0 Å². The Morgan fingerprint density at radius 2 is 1.62 bits per heavy atom. The Bertz CT molecular complexity index is 354. The van der Waals surface area contributed by atoms with Crippen LogP contribution in [0.4, 0.5) is 0 Å². The van der Waals surface area contributed by atoms with Crippen molar-refractivity contribution in [3.63, 3.8) is 0 Å². The van der Waals surface area contributed by atoms with E-state index in [0.717, 1.165) is 0 Å². The summed E-state index contributed by atoms with van der Waals surface area (Å²) >= 11 is 1.78. The van der Waals surface area contributed by atoms with Crippen molar-refractivity contribution < 1.29 is 28.6 Å². The lowest BCUT2D eigenvalue weighted by Crippen LogP contribution is -3.00. The van der Waals surface area contributed by atoms with E-state index in [1.165, 1.54) is 15.6 Å². The standard InChI is InChI=1S/C12H19N2S.HI/c1-10-6-8-11(9-7-10)15-12(13(2)3)14(4)5;/h6-9H,1-5H3;1H/q+1;/p-1. The molecule has 0 amide bonds. The summed E-state index contributed by atoms with van der Waals surface area (Å²) in [5.74, 6) is 0. The topological polar surface area (TPSA) is 6.25 Å².